The van der Waals surface area contributed by atoms with E-state index in [1.165, 1.54) is 23.1 Å². The van der Waals surface area contributed by atoms with E-state index >= 15 is 0 Å². The van der Waals surface area contributed by atoms with Crippen molar-refractivity contribution in [2.75, 3.05) is 24.6 Å². The predicted molar refractivity (Wildman–Crippen MR) is 106 cm³/mol. The maximum Gasteiger partial charge on any atom is 0.294 e. The summed E-state index contributed by atoms with van der Waals surface area (Å²) in [5, 5.41) is 2.83. The van der Waals surface area contributed by atoms with Crippen molar-refractivity contribution in [1.82, 2.24) is 5.32 Å². The second-order valence-electron chi connectivity index (χ2n) is 6.96. The third-order valence-corrected chi connectivity index (χ3v) is 4.83. The van der Waals surface area contributed by atoms with Gasteiger partial charge in [0.2, 0.25) is 5.91 Å². The van der Waals surface area contributed by atoms with E-state index in [1.807, 2.05) is 0 Å². The Kier molecular flexibility index (Phi) is 5.57. The summed E-state index contributed by atoms with van der Waals surface area (Å²) in [6, 6.07) is 12.9. The fraction of sp³-hybridized carbons (Fsp3) is 0.273. The summed E-state index contributed by atoms with van der Waals surface area (Å²) in [5.41, 5.74) is 1.01. The molecule has 0 spiro atoms. The molecule has 2 heterocycles. The van der Waals surface area contributed by atoms with Gasteiger partial charge >= 0.3 is 0 Å². The molecule has 1 unspecified atom stereocenters. The molecule has 0 saturated carbocycles. The van der Waals surface area contributed by atoms with Crippen molar-refractivity contribution in [3.63, 3.8) is 0 Å². The van der Waals surface area contributed by atoms with E-state index in [0.717, 1.165) is 12.8 Å². The van der Waals surface area contributed by atoms with Crippen LogP contribution in [0.5, 0.6) is 5.75 Å². The highest BCUT2D eigenvalue weighted by atomic mass is 19.1. The molecule has 0 aromatic heterocycles. The molecule has 29 heavy (non-hydrogen) atoms. The lowest BCUT2D eigenvalue weighted by Crippen LogP contribution is -2.45. The maximum atomic E-state index is 13.5. The number of para-hydroxylation sites is 2. The molecule has 150 valence electrons. The van der Waals surface area contributed by atoms with E-state index in [9.17, 15) is 14.0 Å². The summed E-state index contributed by atoms with van der Waals surface area (Å²) in [4.78, 5) is 26.8. The lowest BCUT2D eigenvalue weighted by molar-refractivity contribution is -0.123. The molecule has 2 aromatic carbocycles. The van der Waals surface area contributed by atoms with Crippen molar-refractivity contribution < 1.29 is 23.5 Å². The first kappa shape index (κ1) is 19.1. The maximum absolute atomic E-state index is 13.5. The summed E-state index contributed by atoms with van der Waals surface area (Å²) in [7, 11) is 0. The minimum atomic E-state index is -0.458. The molecule has 0 aliphatic carbocycles. The minimum Gasteiger partial charge on any atom is -0.449 e. The topological polar surface area (TPSA) is 67.9 Å². The highest BCUT2D eigenvalue weighted by Crippen LogP contribution is 2.35. The Bertz CT molecular complexity index is 953. The van der Waals surface area contributed by atoms with Crippen LogP contribution in [-0.2, 0) is 14.3 Å². The van der Waals surface area contributed by atoms with Crippen LogP contribution in [0.15, 0.2) is 54.3 Å². The lowest BCUT2D eigenvalue weighted by Gasteiger charge is -2.30. The van der Waals surface area contributed by atoms with Gasteiger partial charge in [-0.3, -0.25) is 14.5 Å². The number of halogens is 1. The number of rotatable bonds is 5. The van der Waals surface area contributed by atoms with E-state index in [2.05, 4.69) is 5.32 Å². The summed E-state index contributed by atoms with van der Waals surface area (Å²) in [6.45, 7) is 0.988. The minimum absolute atomic E-state index is 0.0232. The number of fused-ring (bicyclic) bond motifs is 1. The monoisotopic (exact) mass is 396 g/mol. The normalized spacial score (nSPS) is 19.8. The standard InChI is InChI=1S/C22H21FN2O4/c23-16-6-3-5-15(11-16)12-20-22(27)25(18-8-1-2-9-19(18)29-20)14-21(26)24-13-17-7-4-10-28-17/h1-3,5-6,8-9,11-12,17H,4,7,10,13-14H2,(H,24,26). The molecular formula is C22H21FN2O4. The van der Waals surface area contributed by atoms with E-state index in [4.69, 9.17) is 9.47 Å². The van der Waals surface area contributed by atoms with Gasteiger partial charge in [-0.15, -0.1) is 0 Å². The van der Waals surface area contributed by atoms with Crippen LogP contribution < -0.4 is 15.0 Å². The molecule has 2 amide bonds. The second kappa shape index (κ2) is 8.45. The summed E-state index contributed by atoms with van der Waals surface area (Å²) in [5.74, 6) is -0.660. The number of anilines is 1. The van der Waals surface area contributed by atoms with Gasteiger partial charge in [0.15, 0.2) is 11.5 Å². The third kappa shape index (κ3) is 4.46. The molecular weight excluding hydrogens is 375 g/mol. The number of amides is 2. The Labute approximate surface area is 167 Å². The van der Waals surface area contributed by atoms with Gasteiger partial charge in [0.05, 0.1) is 11.8 Å². The molecule has 2 aromatic rings. The fourth-order valence-electron chi connectivity index (χ4n) is 3.40. The van der Waals surface area contributed by atoms with Gasteiger partial charge in [0.25, 0.3) is 5.91 Å². The van der Waals surface area contributed by atoms with Gasteiger partial charge in [-0.25, -0.2) is 4.39 Å². The van der Waals surface area contributed by atoms with Crippen molar-refractivity contribution in [2.24, 2.45) is 0 Å². The van der Waals surface area contributed by atoms with Crippen LogP contribution in [0.1, 0.15) is 18.4 Å². The average Bonchev–Trinajstić information content (AvgIpc) is 3.23. The highest BCUT2D eigenvalue weighted by molar-refractivity contribution is 6.12. The van der Waals surface area contributed by atoms with Crippen molar-refractivity contribution >= 4 is 23.6 Å². The summed E-state index contributed by atoms with van der Waals surface area (Å²) in [6.07, 6.45) is 3.40. The second-order valence-corrected chi connectivity index (χ2v) is 6.96. The van der Waals surface area contributed by atoms with E-state index < -0.39 is 11.7 Å². The van der Waals surface area contributed by atoms with Crippen molar-refractivity contribution in [3.8, 4) is 5.75 Å². The van der Waals surface area contributed by atoms with Crippen molar-refractivity contribution in [2.45, 2.75) is 18.9 Å². The number of hydrogen-bond acceptors (Lipinski definition) is 4. The molecule has 7 heteroatoms. The van der Waals surface area contributed by atoms with E-state index in [-0.39, 0.29) is 24.3 Å². The van der Waals surface area contributed by atoms with Gasteiger partial charge in [-0.05, 0) is 48.7 Å². The molecule has 6 nitrogen and oxygen atoms in total. The van der Waals surface area contributed by atoms with Crippen LogP contribution in [0.2, 0.25) is 0 Å². The van der Waals surface area contributed by atoms with Gasteiger partial charge in [0, 0.05) is 13.2 Å². The van der Waals surface area contributed by atoms with Crippen LogP contribution in [0.4, 0.5) is 10.1 Å². The number of hydrogen-bond donors (Lipinski definition) is 1. The van der Waals surface area contributed by atoms with E-state index in [1.54, 1.807) is 36.4 Å². The molecule has 1 saturated heterocycles. The first-order valence-corrected chi connectivity index (χ1v) is 9.54. The third-order valence-electron chi connectivity index (χ3n) is 4.83. The van der Waals surface area contributed by atoms with Gasteiger partial charge in [-0.1, -0.05) is 24.3 Å². The Morgan fingerprint density at radius 2 is 2.10 bits per heavy atom. The summed E-state index contributed by atoms with van der Waals surface area (Å²) >= 11 is 0. The zero-order chi connectivity index (χ0) is 20.2. The average molecular weight is 396 g/mol. The Balaban J connectivity index is 1.54. The number of carbonyl (C=O) groups excluding carboxylic acids is 2. The molecule has 1 atom stereocenters. The van der Waals surface area contributed by atoms with Crippen LogP contribution in [-0.4, -0.2) is 37.6 Å². The number of ether oxygens (including phenoxy) is 2. The first-order chi connectivity index (χ1) is 14.1. The Morgan fingerprint density at radius 1 is 1.24 bits per heavy atom. The van der Waals surface area contributed by atoms with Crippen LogP contribution >= 0.6 is 0 Å². The molecule has 2 aliphatic heterocycles. The van der Waals surface area contributed by atoms with Crippen molar-refractivity contribution in [1.29, 1.82) is 0 Å². The molecule has 0 bridgehead atoms. The smallest absolute Gasteiger partial charge is 0.294 e. The molecule has 4 rings (SSSR count). The fourth-order valence-corrected chi connectivity index (χ4v) is 3.40. The van der Waals surface area contributed by atoms with Gasteiger partial charge < -0.3 is 14.8 Å². The Hall–Kier alpha value is -3.19. The molecule has 1 N–H and O–H groups in total. The SMILES string of the molecule is O=C(CN1C(=O)C(=Cc2cccc(F)c2)Oc2ccccc21)NCC1CCCO1. The van der Waals surface area contributed by atoms with Crippen LogP contribution in [0.25, 0.3) is 6.08 Å². The molecule has 1 fully saturated rings. The number of carbonyl (C=O) groups is 2. The molecule has 2 aliphatic rings. The zero-order valence-corrected chi connectivity index (χ0v) is 15.8. The number of benzene rings is 2. The number of nitrogens with one attached hydrogen (secondary N) is 1. The largest absolute Gasteiger partial charge is 0.449 e. The van der Waals surface area contributed by atoms with Crippen LogP contribution in [0, 0.1) is 5.82 Å². The summed E-state index contributed by atoms with van der Waals surface area (Å²) < 4.78 is 24.7. The van der Waals surface area contributed by atoms with Crippen LogP contribution in [0.3, 0.4) is 0 Å². The lowest BCUT2D eigenvalue weighted by atomic mass is 10.1. The van der Waals surface area contributed by atoms with Gasteiger partial charge in [-0.2, -0.15) is 0 Å². The molecule has 0 radical (unpaired) electrons. The first-order valence-electron chi connectivity index (χ1n) is 9.54. The Morgan fingerprint density at radius 3 is 2.90 bits per heavy atom. The quantitative estimate of drug-likeness (QED) is 0.790. The zero-order valence-electron chi connectivity index (χ0n) is 15.8. The highest BCUT2D eigenvalue weighted by Gasteiger charge is 2.31. The van der Waals surface area contributed by atoms with Gasteiger partial charge in [0.1, 0.15) is 12.4 Å². The van der Waals surface area contributed by atoms with Crippen molar-refractivity contribution in [3.05, 3.63) is 65.7 Å². The predicted octanol–water partition coefficient (Wildman–Crippen LogP) is 2.89. The van der Waals surface area contributed by atoms with E-state index in [0.29, 0.717) is 30.2 Å². The number of nitrogens with zero attached hydrogens (tertiary/aromatic N) is 1.